The van der Waals surface area contributed by atoms with Crippen molar-refractivity contribution in [3.05, 3.63) is 48.5 Å². The second-order valence-electron chi connectivity index (χ2n) is 7.17. The predicted octanol–water partition coefficient (Wildman–Crippen LogP) is 4.28. The first-order valence-corrected chi connectivity index (χ1v) is 10.7. The fraction of sp³-hybridized carbons (Fsp3) is 0.409. The first-order valence-electron chi connectivity index (χ1n) is 9.90. The molecule has 0 bridgehead atoms. The summed E-state index contributed by atoms with van der Waals surface area (Å²) in [5, 5.41) is 3.16. The van der Waals surface area contributed by atoms with Gasteiger partial charge in [-0.1, -0.05) is 43.0 Å². The molecule has 1 saturated heterocycles. The van der Waals surface area contributed by atoms with Gasteiger partial charge in [0.1, 0.15) is 0 Å². The molecule has 1 fully saturated rings. The summed E-state index contributed by atoms with van der Waals surface area (Å²) in [5.74, 6) is 0.145. The van der Waals surface area contributed by atoms with Crippen molar-refractivity contribution in [2.45, 2.75) is 42.0 Å². The Balaban J connectivity index is 1.40. The Hall–Kier alpha value is -1.98. The van der Waals surface area contributed by atoms with Crippen LogP contribution < -0.4 is 10.2 Å². The van der Waals surface area contributed by atoms with Gasteiger partial charge in [0, 0.05) is 35.3 Å². The lowest BCUT2D eigenvalue weighted by atomic mass is 10.2. The molecule has 2 aliphatic rings. The Labute approximate surface area is 165 Å². The Morgan fingerprint density at radius 3 is 2.44 bits per heavy atom. The summed E-state index contributed by atoms with van der Waals surface area (Å²) in [6.45, 7) is 5.90. The summed E-state index contributed by atoms with van der Waals surface area (Å²) in [7, 11) is 0. The average Bonchev–Trinajstić information content (AvgIpc) is 3.17. The van der Waals surface area contributed by atoms with E-state index in [1.54, 1.807) is 11.8 Å². The van der Waals surface area contributed by atoms with E-state index >= 15 is 0 Å². The molecule has 142 valence electrons. The Morgan fingerprint density at radius 1 is 1.11 bits per heavy atom. The van der Waals surface area contributed by atoms with Crippen molar-refractivity contribution in [1.82, 2.24) is 10.2 Å². The largest absolute Gasteiger partial charge is 0.354 e. The molecule has 0 aromatic heterocycles. The third kappa shape index (κ3) is 3.99. The summed E-state index contributed by atoms with van der Waals surface area (Å²) in [5.41, 5.74) is 2.39. The number of nitrogens with one attached hydrogen (secondary N) is 1. The van der Waals surface area contributed by atoms with Crippen LogP contribution in [0.3, 0.4) is 0 Å². The third-order valence-electron chi connectivity index (χ3n) is 5.53. The number of hydrogen-bond acceptors (Lipinski definition) is 4. The predicted molar refractivity (Wildman–Crippen MR) is 112 cm³/mol. The van der Waals surface area contributed by atoms with Crippen LogP contribution >= 0.6 is 11.8 Å². The topological polar surface area (TPSA) is 35.6 Å². The van der Waals surface area contributed by atoms with Crippen molar-refractivity contribution in [1.29, 1.82) is 0 Å². The van der Waals surface area contributed by atoms with Crippen LogP contribution in [0.2, 0.25) is 0 Å². The van der Waals surface area contributed by atoms with Gasteiger partial charge in [0.15, 0.2) is 0 Å². The molecule has 2 heterocycles. The minimum atomic E-state index is 0.145. The van der Waals surface area contributed by atoms with E-state index in [0.717, 1.165) is 19.6 Å². The molecule has 0 saturated carbocycles. The summed E-state index contributed by atoms with van der Waals surface area (Å²) in [6.07, 6.45) is 2.94. The van der Waals surface area contributed by atoms with Gasteiger partial charge in [-0.2, -0.15) is 0 Å². The SMILES string of the molecule is CCN1CCCC1CNC(=O)CCN1c2ccccc2Sc2ccccc21. The Bertz CT molecular complexity index is 764. The number of anilines is 2. The molecule has 5 heteroatoms. The molecule has 4 nitrogen and oxygen atoms in total. The van der Waals surface area contributed by atoms with Gasteiger partial charge in [-0.3, -0.25) is 9.69 Å². The zero-order chi connectivity index (χ0) is 18.6. The maximum absolute atomic E-state index is 12.5. The normalized spacial score (nSPS) is 18.9. The third-order valence-corrected chi connectivity index (χ3v) is 6.66. The summed E-state index contributed by atoms with van der Waals surface area (Å²) < 4.78 is 0. The number of carbonyl (C=O) groups excluding carboxylic acids is 1. The first kappa shape index (κ1) is 18.4. The number of para-hydroxylation sites is 2. The van der Waals surface area contributed by atoms with Crippen LogP contribution in [-0.4, -0.2) is 43.0 Å². The highest BCUT2D eigenvalue weighted by Crippen LogP contribution is 2.47. The van der Waals surface area contributed by atoms with E-state index in [1.807, 2.05) is 0 Å². The molecule has 2 aromatic carbocycles. The van der Waals surface area contributed by atoms with Gasteiger partial charge < -0.3 is 10.2 Å². The molecule has 1 N–H and O–H groups in total. The Kier molecular flexibility index (Phi) is 5.69. The second kappa shape index (κ2) is 8.36. The number of carbonyl (C=O) groups is 1. The fourth-order valence-corrected chi connectivity index (χ4v) is 5.19. The van der Waals surface area contributed by atoms with Gasteiger partial charge in [0.05, 0.1) is 11.4 Å². The lowest BCUT2D eigenvalue weighted by molar-refractivity contribution is -0.121. The van der Waals surface area contributed by atoms with Crippen LogP contribution in [0, 0.1) is 0 Å². The molecule has 27 heavy (non-hydrogen) atoms. The smallest absolute Gasteiger partial charge is 0.221 e. The number of hydrogen-bond donors (Lipinski definition) is 1. The van der Waals surface area contributed by atoms with E-state index in [4.69, 9.17) is 0 Å². The molecule has 0 aliphatic carbocycles. The molecular formula is C22H27N3OS. The van der Waals surface area contributed by atoms with Gasteiger partial charge in [0.25, 0.3) is 0 Å². The highest BCUT2D eigenvalue weighted by molar-refractivity contribution is 7.99. The average molecular weight is 382 g/mol. The molecule has 1 unspecified atom stereocenters. The minimum absolute atomic E-state index is 0.145. The molecule has 0 radical (unpaired) electrons. The number of fused-ring (bicyclic) bond motifs is 2. The minimum Gasteiger partial charge on any atom is -0.354 e. The number of likely N-dealkylation sites (N-methyl/N-ethyl adjacent to an activating group) is 1. The molecule has 2 aromatic rings. The Morgan fingerprint density at radius 2 is 1.78 bits per heavy atom. The molecular weight excluding hydrogens is 354 g/mol. The molecule has 4 rings (SSSR count). The van der Waals surface area contributed by atoms with Gasteiger partial charge in [-0.25, -0.2) is 0 Å². The second-order valence-corrected chi connectivity index (χ2v) is 8.25. The number of nitrogens with zero attached hydrogens (tertiary/aromatic N) is 2. The van der Waals surface area contributed by atoms with Crippen LogP contribution in [0.1, 0.15) is 26.2 Å². The lowest BCUT2D eigenvalue weighted by Crippen LogP contribution is -2.40. The maximum Gasteiger partial charge on any atom is 0.221 e. The lowest BCUT2D eigenvalue weighted by Gasteiger charge is -2.32. The van der Waals surface area contributed by atoms with Gasteiger partial charge in [0.2, 0.25) is 5.91 Å². The van der Waals surface area contributed by atoms with Crippen molar-refractivity contribution in [2.24, 2.45) is 0 Å². The van der Waals surface area contributed by atoms with E-state index in [2.05, 4.69) is 70.6 Å². The zero-order valence-electron chi connectivity index (χ0n) is 15.9. The van der Waals surface area contributed by atoms with Gasteiger partial charge in [-0.05, 0) is 50.2 Å². The molecule has 1 atom stereocenters. The van der Waals surface area contributed by atoms with Crippen LogP contribution in [-0.2, 0) is 4.79 Å². The number of benzene rings is 2. The first-order chi connectivity index (χ1) is 13.3. The van der Waals surface area contributed by atoms with Crippen molar-refractivity contribution in [3.8, 4) is 0 Å². The number of amides is 1. The van der Waals surface area contributed by atoms with Gasteiger partial charge in [-0.15, -0.1) is 0 Å². The molecule has 0 spiro atoms. The quantitative estimate of drug-likeness (QED) is 0.810. The van der Waals surface area contributed by atoms with E-state index in [9.17, 15) is 4.79 Å². The highest BCUT2D eigenvalue weighted by atomic mass is 32.2. The van der Waals surface area contributed by atoms with Crippen molar-refractivity contribution < 1.29 is 4.79 Å². The van der Waals surface area contributed by atoms with Crippen molar-refractivity contribution >= 4 is 29.0 Å². The zero-order valence-corrected chi connectivity index (χ0v) is 16.7. The summed E-state index contributed by atoms with van der Waals surface area (Å²) in [4.78, 5) is 19.8. The van der Waals surface area contributed by atoms with E-state index in [1.165, 1.54) is 34.0 Å². The van der Waals surface area contributed by atoms with E-state index in [-0.39, 0.29) is 5.91 Å². The van der Waals surface area contributed by atoms with Crippen LogP contribution in [0.4, 0.5) is 11.4 Å². The van der Waals surface area contributed by atoms with Gasteiger partial charge >= 0.3 is 0 Å². The standard InChI is InChI=1S/C22H27N3OS/c1-2-24-14-7-8-17(24)16-23-22(26)13-15-25-18-9-3-5-11-20(18)27-21-12-6-4-10-19(21)25/h3-6,9-12,17H,2,7-8,13-16H2,1H3,(H,23,26). The number of rotatable bonds is 6. The van der Waals surface area contributed by atoms with E-state index in [0.29, 0.717) is 19.0 Å². The number of likely N-dealkylation sites (tertiary alicyclic amines) is 1. The van der Waals surface area contributed by atoms with Crippen LogP contribution in [0.5, 0.6) is 0 Å². The highest BCUT2D eigenvalue weighted by Gasteiger charge is 2.25. The van der Waals surface area contributed by atoms with E-state index < -0.39 is 0 Å². The fourth-order valence-electron chi connectivity index (χ4n) is 4.10. The monoisotopic (exact) mass is 381 g/mol. The molecule has 2 aliphatic heterocycles. The van der Waals surface area contributed by atoms with Crippen molar-refractivity contribution in [3.63, 3.8) is 0 Å². The van der Waals surface area contributed by atoms with Crippen LogP contribution in [0.25, 0.3) is 0 Å². The summed E-state index contributed by atoms with van der Waals surface area (Å²) >= 11 is 1.80. The molecule has 1 amide bonds. The summed E-state index contributed by atoms with van der Waals surface area (Å²) in [6, 6.07) is 17.4. The van der Waals surface area contributed by atoms with Crippen molar-refractivity contribution in [2.75, 3.05) is 31.1 Å². The van der Waals surface area contributed by atoms with Crippen LogP contribution in [0.15, 0.2) is 58.3 Å². The maximum atomic E-state index is 12.5.